The molecule has 0 heterocycles. The van der Waals surface area contributed by atoms with Gasteiger partial charge in [-0.3, -0.25) is 0 Å². The van der Waals surface area contributed by atoms with E-state index in [1.165, 1.54) is 18.5 Å². The second-order valence-corrected chi connectivity index (χ2v) is 13.6. The Morgan fingerprint density at radius 2 is 1.11 bits per heavy atom. The van der Waals surface area contributed by atoms with Crippen molar-refractivity contribution in [3.8, 4) is 0 Å². The Balaban J connectivity index is 2.71. The van der Waals surface area contributed by atoms with E-state index in [2.05, 4.69) is 66.0 Å². The van der Waals surface area contributed by atoms with E-state index < -0.39 is 0 Å². The van der Waals surface area contributed by atoms with Crippen LogP contribution in [0.25, 0.3) is 0 Å². The second kappa shape index (κ2) is 6.13. The quantitative estimate of drug-likeness (QED) is 0.542. The van der Waals surface area contributed by atoms with Gasteiger partial charge in [0.2, 0.25) is 0 Å². The molecule has 2 heteroatoms. The van der Waals surface area contributed by atoms with Gasteiger partial charge in [0.1, 0.15) is 0 Å². The molecule has 0 atom stereocenters. The molecular weight excluding hydrogens is 260 g/mol. The van der Waals surface area contributed by atoms with Gasteiger partial charge in [-0.1, -0.05) is 89.3 Å². The van der Waals surface area contributed by atoms with E-state index in [4.69, 9.17) is 0 Å². The van der Waals surface area contributed by atoms with Gasteiger partial charge in [-0.05, 0) is 17.3 Å². The van der Waals surface area contributed by atoms with Gasteiger partial charge in [0.15, 0.2) is 0 Å². The predicted octanol–water partition coefficient (Wildman–Crippen LogP) is 5.80. The molecule has 1 aliphatic carbocycles. The maximum atomic E-state index is 2.44. The van der Waals surface area contributed by atoms with Crippen LogP contribution in [0.1, 0.15) is 34.1 Å². The zero-order valence-electron chi connectivity index (χ0n) is 14.3. The minimum Gasteiger partial charge on any atom is -0.0712 e. The average Bonchev–Trinajstić information content (AvgIpc) is 2.62. The van der Waals surface area contributed by atoms with Gasteiger partial charge < -0.3 is 0 Å². The maximum Gasteiger partial charge on any atom is 0.0421 e. The molecule has 0 nitrogen and oxygen atoms in total. The highest BCUT2D eigenvalue weighted by atomic mass is 28.3. The summed E-state index contributed by atoms with van der Waals surface area (Å²) >= 11 is 0. The lowest BCUT2D eigenvalue weighted by Crippen LogP contribution is -2.23. The van der Waals surface area contributed by atoms with Crippen LogP contribution in [-0.4, -0.2) is 17.6 Å². The Morgan fingerprint density at radius 3 is 1.37 bits per heavy atom. The summed E-state index contributed by atoms with van der Waals surface area (Å²) in [5.41, 5.74) is 4.14. The van der Waals surface area contributed by atoms with Crippen LogP contribution in [0.2, 0.25) is 38.3 Å². The molecule has 0 spiro atoms. The summed E-state index contributed by atoms with van der Waals surface area (Å²) in [4.78, 5) is 0. The molecule has 0 aromatic rings. The van der Waals surface area contributed by atoms with Crippen LogP contribution >= 0.6 is 0 Å². The monoisotopic (exact) mass is 292 g/mol. The summed E-state index contributed by atoms with van der Waals surface area (Å²) in [6.07, 6.45) is 6.09. The van der Waals surface area contributed by atoms with Crippen molar-refractivity contribution in [2.45, 2.75) is 72.4 Å². The molecule has 0 fully saturated rings. The van der Waals surface area contributed by atoms with Crippen LogP contribution in [0.3, 0.4) is 0 Å². The van der Waals surface area contributed by atoms with E-state index in [0.717, 1.165) is 0 Å². The first-order valence-corrected chi connectivity index (χ1v) is 12.9. The van der Waals surface area contributed by atoms with E-state index in [0.29, 0.717) is 10.8 Å². The molecule has 1 aliphatic rings. The number of hydrogen-bond donors (Lipinski definition) is 0. The first kappa shape index (κ1) is 17.0. The van der Waals surface area contributed by atoms with Gasteiger partial charge in [0.25, 0.3) is 0 Å². The standard InChI is InChI=1S/C17H32Si2/c1-16(2,12-18(5)6)14-9-10-15(11-14)17(3,4)13-19(7)8/h9-10H,11-13H2,1-8H3. The predicted molar refractivity (Wildman–Crippen MR) is 92.9 cm³/mol. The van der Waals surface area contributed by atoms with Crippen LogP contribution in [0.4, 0.5) is 0 Å². The first-order valence-electron chi connectivity index (χ1n) is 7.53. The van der Waals surface area contributed by atoms with Crippen molar-refractivity contribution in [3.63, 3.8) is 0 Å². The normalized spacial score (nSPS) is 17.2. The van der Waals surface area contributed by atoms with Crippen molar-refractivity contribution in [2.24, 2.45) is 10.8 Å². The molecule has 0 unspecified atom stereocenters. The topological polar surface area (TPSA) is 0 Å². The van der Waals surface area contributed by atoms with Gasteiger partial charge in [0.05, 0.1) is 0 Å². The maximum absolute atomic E-state index is 2.44. The van der Waals surface area contributed by atoms with Gasteiger partial charge in [-0.25, -0.2) is 0 Å². The SMILES string of the molecule is C[Si](C)CC(C)(C)C1=CC=C(C(C)(C)C[Si](C)C)C1. The van der Waals surface area contributed by atoms with Gasteiger partial charge >= 0.3 is 0 Å². The van der Waals surface area contributed by atoms with Crippen molar-refractivity contribution < 1.29 is 0 Å². The fourth-order valence-electron chi connectivity index (χ4n) is 3.45. The summed E-state index contributed by atoms with van der Waals surface area (Å²) < 4.78 is 0. The van der Waals surface area contributed by atoms with Gasteiger partial charge in [-0.2, -0.15) is 0 Å². The lowest BCUT2D eigenvalue weighted by molar-refractivity contribution is 0.454. The van der Waals surface area contributed by atoms with Crippen molar-refractivity contribution >= 4 is 17.6 Å². The highest BCUT2D eigenvalue weighted by Gasteiger charge is 2.32. The number of rotatable bonds is 6. The Labute approximate surface area is 124 Å². The molecule has 0 saturated heterocycles. The molecule has 0 aromatic heterocycles. The van der Waals surface area contributed by atoms with Crippen LogP contribution in [-0.2, 0) is 0 Å². The van der Waals surface area contributed by atoms with Crippen LogP contribution in [0.15, 0.2) is 23.3 Å². The third-order valence-corrected chi connectivity index (χ3v) is 7.38. The molecular formula is C17H32Si2. The fraction of sp³-hybridized carbons (Fsp3) is 0.765. The molecule has 0 N–H and O–H groups in total. The number of allylic oxidation sites excluding steroid dienone is 4. The van der Waals surface area contributed by atoms with Crippen molar-refractivity contribution in [1.82, 2.24) is 0 Å². The summed E-state index contributed by atoms with van der Waals surface area (Å²) in [5, 5.41) is 0. The smallest absolute Gasteiger partial charge is 0.0421 e. The minimum atomic E-state index is -0.158. The second-order valence-electron chi connectivity index (χ2n) is 8.10. The van der Waals surface area contributed by atoms with Gasteiger partial charge in [0, 0.05) is 17.6 Å². The van der Waals surface area contributed by atoms with Crippen molar-refractivity contribution in [3.05, 3.63) is 23.3 Å². The van der Waals surface area contributed by atoms with E-state index in [9.17, 15) is 0 Å². The first-order chi connectivity index (χ1) is 8.54. The summed E-state index contributed by atoms with van der Waals surface area (Å²) in [6.45, 7) is 19.5. The van der Waals surface area contributed by atoms with Gasteiger partial charge in [-0.15, -0.1) is 0 Å². The largest absolute Gasteiger partial charge is 0.0712 e. The molecule has 0 amide bonds. The zero-order valence-corrected chi connectivity index (χ0v) is 16.3. The lowest BCUT2D eigenvalue weighted by Gasteiger charge is -2.32. The van der Waals surface area contributed by atoms with E-state index in [1.54, 1.807) is 11.1 Å². The highest BCUT2D eigenvalue weighted by Crippen LogP contribution is 2.45. The molecule has 0 aliphatic heterocycles. The third-order valence-electron chi connectivity index (χ3n) is 4.20. The Hall–Kier alpha value is -0.0862. The lowest BCUT2D eigenvalue weighted by atomic mass is 9.79. The van der Waals surface area contributed by atoms with E-state index in [1.807, 2.05) is 0 Å². The van der Waals surface area contributed by atoms with Crippen molar-refractivity contribution in [2.75, 3.05) is 0 Å². The summed E-state index contributed by atoms with van der Waals surface area (Å²) in [6, 6.07) is 2.78. The molecule has 0 aromatic carbocycles. The van der Waals surface area contributed by atoms with Crippen LogP contribution in [0, 0.1) is 10.8 Å². The Kier molecular flexibility index (Phi) is 5.47. The molecule has 19 heavy (non-hydrogen) atoms. The summed E-state index contributed by atoms with van der Waals surface area (Å²) in [7, 11) is -0.316. The zero-order chi connectivity index (χ0) is 14.8. The molecule has 0 saturated carbocycles. The molecule has 1 rings (SSSR count). The Morgan fingerprint density at radius 1 is 0.789 bits per heavy atom. The highest BCUT2D eigenvalue weighted by molar-refractivity contribution is 6.56. The molecule has 0 bridgehead atoms. The molecule has 2 radical (unpaired) electrons. The van der Waals surface area contributed by atoms with E-state index in [-0.39, 0.29) is 17.6 Å². The Bertz CT molecular complexity index is 335. The molecule has 108 valence electrons. The van der Waals surface area contributed by atoms with Crippen LogP contribution < -0.4 is 0 Å². The van der Waals surface area contributed by atoms with Crippen molar-refractivity contribution in [1.29, 1.82) is 0 Å². The van der Waals surface area contributed by atoms with Crippen LogP contribution in [0.5, 0.6) is 0 Å². The third kappa shape index (κ3) is 4.75. The number of hydrogen-bond acceptors (Lipinski definition) is 0. The van der Waals surface area contributed by atoms with E-state index >= 15 is 0 Å². The fourth-order valence-corrected chi connectivity index (χ4v) is 7.44. The minimum absolute atomic E-state index is 0.158. The average molecular weight is 293 g/mol. The summed E-state index contributed by atoms with van der Waals surface area (Å²) in [5.74, 6) is 0.